The minimum Gasteiger partial charge on any atom is -0.254 e. The molecule has 0 saturated carbocycles. The van der Waals surface area contributed by atoms with Crippen molar-refractivity contribution in [3.05, 3.63) is 30.1 Å². The van der Waals surface area contributed by atoms with Crippen LogP contribution < -0.4 is 5.43 Å². The summed E-state index contributed by atoms with van der Waals surface area (Å²) in [7, 11) is 0. The Kier molecular flexibility index (Phi) is 2.05. The van der Waals surface area contributed by atoms with Crippen LogP contribution in [0.15, 0.2) is 29.5 Å². The third-order valence-electron chi connectivity index (χ3n) is 1.29. The Bertz CT molecular complexity index is 334. The van der Waals surface area contributed by atoms with Crippen molar-refractivity contribution in [2.45, 2.75) is 0 Å². The summed E-state index contributed by atoms with van der Waals surface area (Å²) in [6.07, 6.45) is 1.72. The molecule has 0 aliphatic carbocycles. The molecule has 0 spiro atoms. The minimum atomic E-state index is 0.552. The van der Waals surface area contributed by atoms with E-state index in [9.17, 15) is 0 Å². The van der Waals surface area contributed by atoms with Crippen LogP contribution in [-0.4, -0.2) is 14.3 Å². The van der Waals surface area contributed by atoms with E-state index in [1.54, 1.807) is 6.20 Å². The fraction of sp³-hybridized carbons (Fsp3) is 0. The lowest BCUT2D eigenvalue weighted by Crippen LogP contribution is -1.94. The topological polar surface area (TPSA) is 39.4 Å². The quantitative estimate of drug-likeness (QED) is 0.634. The molecule has 0 atom stereocenters. The molecule has 59 valence electrons. The van der Waals surface area contributed by atoms with Gasteiger partial charge in [-0.05, 0) is 36.1 Å². The first kappa shape index (κ1) is 7.70. The van der Waals surface area contributed by atoms with Gasteiger partial charge in [0.05, 0.1) is 5.69 Å². The fourth-order valence-corrected chi connectivity index (χ4v) is 1.63. The second-order valence-corrected chi connectivity index (χ2v) is 3.71. The summed E-state index contributed by atoms with van der Waals surface area (Å²) in [5.41, 5.74) is 4.56. The van der Waals surface area contributed by atoms with Crippen LogP contribution in [-0.2, 0) is 0 Å². The SMILES string of the molecule is S=C1[N]N=C(c2ccccn2)S1. The normalized spacial score (nSPS) is 15.7. The summed E-state index contributed by atoms with van der Waals surface area (Å²) in [6.45, 7) is 0. The van der Waals surface area contributed by atoms with Crippen molar-refractivity contribution in [2.75, 3.05) is 0 Å². The van der Waals surface area contributed by atoms with Gasteiger partial charge in [-0.25, -0.2) is 0 Å². The van der Waals surface area contributed by atoms with Gasteiger partial charge in [0.15, 0.2) is 9.36 Å². The molecule has 1 aliphatic heterocycles. The highest BCUT2D eigenvalue weighted by Gasteiger charge is 2.16. The summed E-state index contributed by atoms with van der Waals surface area (Å²) in [5.74, 6) is 0. The molecule has 1 aliphatic rings. The number of hydrogen-bond acceptors (Lipinski definition) is 4. The number of thiocarbonyl (C=S) groups is 1. The largest absolute Gasteiger partial charge is 0.254 e. The van der Waals surface area contributed by atoms with Crippen LogP contribution in [0.5, 0.6) is 0 Å². The van der Waals surface area contributed by atoms with Crippen LogP contribution in [0.25, 0.3) is 0 Å². The molecule has 3 nitrogen and oxygen atoms in total. The lowest BCUT2D eigenvalue weighted by molar-refractivity contribution is 1.05. The maximum absolute atomic E-state index is 4.85. The third-order valence-corrected chi connectivity index (χ3v) is 2.36. The minimum absolute atomic E-state index is 0.552. The summed E-state index contributed by atoms with van der Waals surface area (Å²) in [6, 6.07) is 5.65. The first-order valence-corrected chi connectivity index (χ1v) is 4.50. The second-order valence-electron chi connectivity index (χ2n) is 2.09. The second kappa shape index (κ2) is 3.20. The number of aromatic nitrogens is 1. The first-order valence-electron chi connectivity index (χ1n) is 3.28. The number of hydrogen-bond donors (Lipinski definition) is 0. The Labute approximate surface area is 79.3 Å². The van der Waals surface area contributed by atoms with Crippen molar-refractivity contribution < 1.29 is 0 Å². The molecule has 12 heavy (non-hydrogen) atoms. The molecule has 2 heterocycles. The molecular weight excluding hydrogens is 190 g/mol. The molecule has 1 aromatic heterocycles. The van der Waals surface area contributed by atoms with Gasteiger partial charge in [0.1, 0.15) is 0 Å². The Morgan fingerprint density at radius 1 is 1.33 bits per heavy atom. The van der Waals surface area contributed by atoms with Gasteiger partial charge in [-0.2, -0.15) is 0 Å². The zero-order valence-electron chi connectivity index (χ0n) is 5.97. The Morgan fingerprint density at radius 3 is 2.83 bits per heavy atom. The molecule has 0 fully saturated rings. The average molecular weight is 194 g/mol. The van der Waals surface area contributed by atoms with Crippen molar-refractivity contribution in [2.24, 2.45) is 5.10 Å². The van der Waals surface area contributed by atoms with Gasteiger partial charge in [-0.15, -0.1) is 10.5 Å². The molecule has 0 unspecified atom stereocenters. The highest BCUT2D eigenvalue weighted by Crippen LogP contribution is 2.17. The van der Waals surface area contributed by atoms with E-state index in [2.05, 4.69) is 15.5 Å². The van der Waals surface area contributed by atoms with Gasteiger partial charge < -0.3 is 0 Å². The maximum Gasteiger partial charge on any atom is 0.188 e. The molecule has 0 amide bonds. The molecule has 1 aromatic rings. The molecular formula is C7H4N3S2. The van der Waals surface area contributed by atoms with Crippen molar-refractivity contribution in [1.29, 1.82) is 0 Å². The van der Waals surface area contributed by atoms with E-state index in [-0.39, 0.29) is 0 Å². The van der Waals surface area contributed by atoms with Crippen LogP contribution in [0.4, 0.5) is 0 Å². The van der Waals surface area contributed by atoms with Gasteiger partial charge in [-0.1, -0.05) is 6.07 Å². The monoisotopic (exact) mass is 194 g/mol. The van der Waals surface area contributed by atoms with Gasteiger partial charge in [-0.3, -0.25) is 4.98 Å². The highest BCUT2D eigenvalue weighted by molar-refractivity contribution is 8.33. The van der Waals surface area contributed by atoms with Crippen molar-refractivity contribution in [1.82, 2.24) is 10.4 Å². The number of nitrogens with zero attached hydrogens (tertiary/aromatic N) is 3. The summed E-state index contributed by atoms with van der Waals surface area (Å²) >= 11 is 6.22. The van der Waals surface area contributed by atoms with E-state index in [1.807, 2.05) is 18.2 Å². The molecule has 0 N–H and O–H groups in total. The van der Waals surface area contributed by atoms with Crippen LogP contribution >= 0.6 is 24.0 Å². The van der Waals surface area contributed by atoms with Gasteiger partial charge in [0.2, 0.25) is 0 Å². The van der Waals surface area contributed by atoms with Crippen molar-refractivity contribution in [3.8, 4) is 0 Å². The number of thioether (sulfide) groups is 1. The molecule has 1 radical (unpaired) electrons. The van der Waals surface area contributed by atoms with E-state index < -0.39 is 0 Å². The van der Waals surface area contributed by atoms with E-state index >= 15 is 0 Å². The van der Waals surface area contributed by atoms with Crippen LogP contribution in [0.2, 0.25) is 0 Å². The standard InChI is InChI=1S/C7H4N3S2/c11-7-10-9-6(12-7)5-3-1-2-4-8-5/h1-4H. The van der Waals surface area contributed by atoms with E-state index in [0.717, 1.165) is 10.7 Å². The molecule has 0 aromatic carbocycles. The van der Waals surface area contributed by atoms with Crippen molar-refractivity contribution in [3.63, 3.8) is 0 Å². The summed E-state index contributed by atoms with van der Waals surface area (Å²) in [4.78, 5) is 4.12. The van der Waals surface area contributed by atoms with Gasteiger partial charge in [0.25, 0.3) is 0 Å². The summed E-state index contributed by atoms with van der Waals surface area (Å²) in [5, 5.41) is 4.67. The number of pyridine rings is 1. The Balaban J connectivity index is 2.28. The zero-order valence-corrected chi connectivity index (χ0v) is 7.60. The van der Waals surface area contributed by atoms with E-state index in [1.165, 1.54) is 11.8 Å². The van der Waals surface area contributed by atoms with E-state index in [4.69, 9.17) is 12.2 Å². The van der Waals surface area contributed by atoms with Crippen LogP contribution in [0, 0.1) is 0 Å². The van der Waals surface area contributed by atoms with Gasteiger partial charge in [0, 0.05) is 6.20 Å². The van der Waals surface area contributed by atoms with Crippen LogP contribution in [0.1, 0.15) is 5.69 Å². The average Bonchev–Trinajstić information content (AvgIpc) is 2.54. The molecule has 2 rings (SSSR count). The molecule has 0 saturated heterocycles. The predicted octanol–water partition coefficient (Wildman–Crippen LogP) is 1.38. The first-order chi connectivity index (χ1) is 5.86. The Hall–Kier alpha value is -0.940. The smallest absolute Gasteiger partial charge is 0.188 e. The third kappa shape index (κ3) is 1.46. The highest BCUT2D eigenvalue weighted by atomic mass is 32.2. The fourth-order valence-electron chi connectivity index (χ4n) is 0.803. The molecule has 0 bridgehead atoms. The zero-order chi connectivity index (χ0) is 8.39. The lowest BCUT2D eigenvalue weighted by atomic mass is 10.4. The number of rotatable bonds is 1. The Morgan fingerprint density at radius 2 is 2.25 bits per heavy atom. The van der Waals surface area contributed by atoms with Crippen molar-refractivity contribution >= 4 is 33.3 Å². The van der Waals surface area contributed by atoms with Crippen LogP contribution in [0.3, 0.4) is 0 Å². The molecule has 5 heteroatoms. The summed E-state index contributed by atoms with van der Waals surface area (Å²) < 4.78 is 0.552. The lowest BCUT2D eigenvalue weighted by Gasteiger charge is -1.93. The maximum atomic E-state index is 4.85. The van der Waals surface area contributed by atoms with E-state index in [0.29, 0.717) is 4.32 Å². The predicted molar refractivity (Wildman–Crippen MR) is 53.1 cm³/mol. The van der Waals surface area contributed by atoms with Gasteiger partial charge >= 0.3 is 0 Å².